The van der Waals surface area contributed by atoms with Crippen molar-refractivity contribution in [3.05, 3.63) is 12.2 Å². The Labute approximate surface area is 86.2 Å². The van der Waals surface area contributed by atoms with Gasteiger partial charge in [-0.1, -0.05) is 19.1 Å². The van der Waals surface area contributed by atoms with Crippen molar-refractivity contribution in [2.75, 3.05) is 19.6 Å². The molecule has 1 rings (SSSR count). The summed E-state index contributed by atoms with van der Waals surface area (Å²) < 4.78 is 0. The molecule has 3 heteroatoms. The molecule has 0 aromatic heterocycles. The number of nitrogens with one attached hydrogen (secondary N) is 1. The summed E-state index contributed by atoms with van der Waals surface area (Å²) in [5, 5.41) is 2.86. The van der Waals surface area contributed by atoms with E-state index in [1.54, 1.807) is 0 Å². The molecule has 80 valence electrons. The zero-order valence-corrected chi connectivity index (χ0v) is 9.18. The predicted molar refractivity (Wildman–Crippen MR) is 58.2 cm³/mol. The molecule has 14 heavy (non-hydrogen) atoms. The van der Waals surface area contributed by atoms with Gasteiger partial charge < -0.3 is 10.2 Å². The second-order valence-corrected chi connectivity index (χ2v) is 4.31. The van der Waals surface area contributed by atoms with Crippen molar-refractivity contribution in [1.82, 2.24) is 10.2 Å². The number of amides is 2. The van der Waals surface area contributed by atoms with E-state index in [1.165, 1.54) is 6.42 Å². The average Bonchev–Trinajstić information content (AvgIpc) is 2.14. The fourth-order valence-electron chi connectivity index (χ4n) is 1.71. The van der Waals surface area contributed by atoms with E-state index in [4.69, 9.17) is 0 Å². The van der Waals surface area contributed by atoms with Crippen LogP contribution in [0.5, 0.6) is 0 Å². The highest BCUT2D eigenvalue weighted by molar-refractivity contribution is 5.74. The van der Waals surface area contributed by atoms with Crippen LogP contribution in [0.4, 0.5) is 4.79 Å². The van der Waals surface area contributed by atoms with E-state index in [1.807, 2.05) is 11.8 Å². The SMILES string of the molecule is C=C(C)CNC(=O)N1CCCC(C)C1. The Kier molecular flexibility index (Phi) is 3.98. The van der Waals surface area contributed by atoms with Gasteiger partial charge in [-0.3, -0.25) is 0 Å². The minimum absolute atomic E-state index is 0.0551. The van der Waals surface area contributed by atoms with Crippen LogP contribution in [0.2, 0.25) is 0 Å². The van der Waals surface area contributed by atoms with E-state index >= 15 is 0 Å². The van der Waals surface area contributed by atoms with Gasteiger partial charge in [0.1, 0.15) is 0 Å². The van der Waals surface area contributed by atoms with Gasteiger partial charge in [0.2, 0.25) is 0 Å². The lowest BCUT2D eigenvalue weighted by Gasteiger charge is -2.30. The maximum Gasteiger partial charge on any atom is 0.317 e. The van der Waals surface area contributed by atoms with Crippen LogP contribution in [0.15, 0.2) is 12.2 Å². The molecular formula is C11H20N2O. The smallest absolute Gasteiger partial charge is 0.317 e. The van der Waals surface area contributed by atoms with E-state index in [9.17, 15) is 4.79 Å². The third kappa shape index (κ3) is 3.40. The fraction of sp³-hybridized carbons (Fsp3) is 0.727. The zero-order chi connectivity index (χ0) is 10.6. The van der Waals surface area contributed by atoms with E-state index < -0.39 is 0 Å². The van der Waals surface area contributed by atoms with Gasteiger partial charge >= 0.3 is 6.03 Å². The molecule has 1 atom stereocenters. The topological polar surface area (TPSA) is 32.3 Å². The van der Waals surface area contributed by atoms with Crippen molar-refractivity contribution in [3.8, 4) is 0 Å². The summed E-state index contributed by atoms with van der Waals surface area (Å²) in [6, 6.07) is 0.0551. The standard InChI is InChI=1S/C11H20N2O/c1-9(2)7-12-11(14)13-6-4-5-10(3)8-13/h10H,1,4-8H2,2-3H3,(H,12,14). The number of carbonyl (C=O) groups is 1. The number of hydrogen-bond donors (Lipinski definition) is 1. The molecule has 0 aromatic carbocycles. The van der Waals surface area contributed by atoms with Gasteiger partial charge in [-0.05, 0) is 25.7 Å². The van der Waals surface area contributed by atoms with Crippen LogP contribution >= 0.6 is 0 Å². The van der Waals surface area contributed by atoms with Gasteiger partial charge in [-0.15, -0.1) is 0 Å². The number of nitrogens with zero attached hydrogens (tertiary/aromatic N) is 1. The molecular weight excluding hydrogens is 176 g/mol. The molecule has 1 aliphatic heterocycles. The Balaban J connectivity index is 2.32. The molecule has 1 fully saturated rings. The third-order valence-electron chi connectivity index (χ3n) is 2.49. The first kappa shape index (κ1) is 11.1. The molecule has 0 bridgehead atoms. The highest BCUT2D eigenvalue weighted by atomic mass is 16.2. The maximum atomic E-state index is 11.6. The lowest BCUT2D eigenvalue weighted by molar-refractivity contribution is 0.170. The predicted octanol–water partition coefficient (Wildman–Crippen LogP) is 2.00. The van der Waals surface area contributed by atoms with Crippen molar-refractivity contribution in [1.29, 1.82) is 0 Å². The molecule has 1 saturated heterocycles. The summed E-state index contributed by atoms with van der Waals surface area (Å²) in [5.41, 5.74) is 0.989. The second kappa shape index (κ2) is 5.03. The van der Waals surface area contributed by atoms with Crippen molar-refractivity contribution in [3.63, 3.8) is 0 Å². The Morgan fingerprint density at radius 3 is 2.93 bits per heavy atom. The van der Waals surface area contributed by atoms with Gasteiger partial charge in [0, 0.05) is 19.6 Å². The molecule has 0 aromatic rings. The quantitative estimate of drug-likeness (QED) is 0.673. The minimum Gasteiger partial charge on any atom is -0.334 e. The summed E-state index contributed by atoms with van der Waals surface area (Å²) in [7, 11) is 0. The molecule has 0 saturated carbocycles. The van der Waals surface area contributed by atoms with E-state index in [-0.39, 0.29) is 6.03 Å². The maximum absolute atomic E-state index is 11.6. The molecule has 2 amide bonds. The van der Waals surface area contributed by atoms with Gasteiger partial charge in [-0.25, -0.2) is 4.79 Å². The number of carbonyl (C=O) groups excluding carboxylic acids is 1. The van der Waals surface area contributed by atoms with Gasteiger partial charge in [0.05, 0.1) is 0 Å². The van der Waals surface area contributed by atoms with Crippen LogP contribution in [0.3, 0.4) is 0 Å². The monoisotopic (exact) mass is 196 g/mol. The van der Waals surface area contributed by atoms with Crippen LogP contribution in [0, 0.1) is 5.92 Å². The Morgan fingerprint density at radius 1 is 1.64 bits per heavy atom. The summed E-state index contributed by atoms with van der Waals surface area (Å²) >= 11 is 0. The molecule has 0 radical (unpaired) electrons. The van der Waals surface area contributed by atoms with Crippen molar-refractivity contribution < 1.29 is 4.79 Å². The molecule has 1 heterocycles. The lowest BCUT2D eigenvalue weighted by Crippen LogP contribution is -2.45. The first-order valence-electron chi connectivity index (χ1n) is 5.26. The van der Waals surface area contributed by atoms with Crippen molar-refractivity contribution in [2.45, 2.75) is 26.7 Å². The summed E-state index contributed by atoms with van der Waals surface area (Å²) in [5.74, 6) is 0.638. The number of rotatable bonds is 2. The third-order valence-corrected chi connectivity index (χ3v) is 2.49. The first-order valence-corrected chi connectivity index (χ1v) is 5.26. The molecule has 3 nitrogen and oxygen atoms in total. The van der Waals surface area contributed by atoms with Crippen LogP contribution in [0.1, 0.15) is 26.7 Å². The molecule has 1 N–H and O–H groups in total. The highest BCUT2D eigenvalue weighted by Crippen LogP contribution is 2.15. The van der Waals surface area contributed by atoms with Crippen LogP contribution < -0.4 is 5.32 Å². The van der Waals surface area contributed by atoms with Crippen molar-refractivity contribution in [2.24, 2.45) is 5.92 Å². The number of piperidine rings is 1. The normalized spacial score (nSPS) is 21.9. The fourth-order valence-corrected chi connectivity index (χ4v) is 1.71. The van der Waals surface area contributed by atoms with Crippen LogP contribution in [-0.4, -0.2) is 30.6 Å². The number of hydrogen-bond acceptors (Lipinski definition) is 1. The largest absolute Gasteiger partial charge is 0.334 e. The second-order valence-electron chi connectivity index (χ2n) is 4.31. The molecule has 1 aliphatic rings. The Hall–Kier alpha value is -0.990. The average molecular weight is 196 g/mol. The number of urea groups is 1. The molecule has 0 aliphatic carbocycles. The summed E-state index contributed by atoms with van der Waals surface area (Å²) in [6.45, 7) is 10.2. The van der Waals surface area contributed by atoms with Crippen LogP contribution in [-0.2, 0) is 0 Å². The molecule has 1 unspecified atom stereocenters. The van der Waals surface area contributed by atoms with Crippen LogP contribution in [0.25, 0.3) is 0 Å². The van der Waals surface area contributed by atoms with Gasteiger partial charge in [0.25, 0.3) is 0 Å². The highest BCUT2D eigenvalue weighted by Gasteiger charge is 2.20. The van der Waals surface area contributed by atoms with Gasteiger partial charge in [0.15, 0.2) is 0 Å². The Bertz CT molecular complexity index is 225. The number of likely N-dealkylation sites (tertiary alicyclic amines) is 1. The Morgan fingerprint density at radius 2 is 2.36 bits per heavy atom. The molecule has 0 spiro atoms. The summed E-state index contributed by atoms with van der Waals surface area (Å²) in [6.07, 6.45) is 2.37. The van der Waals surface area contributed by atoms with E-state index in [0.29, 0.717) is 12.5 Å². The van der Waals surface area contributed by atoms with Crippen molar-refractivity contribution >= 4 is 6.03 Å². The minimum atomic E-state index is 0.0551. The lowest BCUT2D eigenvalue weighted by atomic mass is 10.0. The van der Waals surface area contributed by atoms with E-state index in [0.717, 1.165) is 25.1 Å². The summed E-state index contributed by atoms with van der Waals surface area (Å²) in [4.78, 5) is 13.5. The first-order chi connectivity index (χ1) is 6.59. The van der Waals surface area contributed by atoms with E-state index in [2.05, 4.69) is 18.8 Å². The zero-order valence-electron chi connectivity index (χ0n) is 9.18. The van der Waals surface area contributed by atoms with Gasteiger partial charge in [-0.2, -0.15) is 0 Å².